The quantitative estimate of drug-likeness (QED) is 0.216. The van der Waals surface area contributed by atoms with E-state index in [1.165, 1.54) is 6.92 Å². The Morgan fingerprint density at radius 3 is 2.40 bits per heavy atom. The molecule has 2 N–H and O–H groups in total. The third kappa shape index (κ3) is 11.2. The number of hydrogen-bond acceptors (Lipinski definition) is 7. The molecule has 2 unspecified atom stereocenters. The molecular formula is C15H25O9P. The summed E-state index contributed by atoms with van der Waals surface area (Å²) in [6.45, 7) is 3.54. The van der Waals surface area contributed by atoms with Crippen LogP contribution >= 0.6 is 7.82 Å². The second-order valence-corrected chi connectivity index (χ2v) is 6.58. The molecule has 0 spiro atoms. The van der Waals surface area contributed by atoms with Crippen molar-refractivity contribution in [2.75, 3.05) is 0 Å². The van der Waals surface area contributed by atoms with Gasteiger partial charge in [0.05, 0.1) is 6.10 Å². The monoisotopic (exact) mass is 380 g/mol. The van der Waals surface area contributed by atoms with Crippen molar-refractivity contribution in [2.45, 2.75) is 58.2 Å². The summed E-state index contributed by atoms with van der Waals surface area (Å²) in [5, 5.41) is 13.1. The zero-order valence-electron chi connectivity index (χ0n) is 14.3. The number of hydrogen-bond donors (Lipinski definition) is 2. The maximum atomic E-state index is 11.0. The molecule has 2 atom stereocenters. The first kappa shape index (κ1) is 22.0. The average molecular weight is 380 g/mol. The third-order valence-corrected chi connectivity index (χ3v) is 3.87. The zero-order chi connectivity index (χ0) is 18.5. The molecule has 0 aromatic heterocycles. The van der Waals surface area contributed by atoms with E-state index in [0.717, 1.165) is 25.7 Å². The number of phosphoric acid groups is 1. The van der Waals surface area contributed by atoms with Gasteiger partial charge >= 0.3 is 7.82 Å². The summed E-state index contributed by atoms with van der Waals surface area (Å²) in [4.78, 5) is 27.5. The Morgan fingerprint density at radius 2 is 1.76 bits per heavy atom. The van der Waals surface area contributed by atoms with E-state index in [1.54, 1.807) is 30.3 Å². The predicted molar refractivity (Wildman–Crippen MR) is 86.5 cm³/mol. The van der Waals surface area contributed by atoms with Gasteiger partial charge in [-0.1, -0.05) is 50.8 Å². The van der Waals surface area contributed by atoms with Crippen molar-refractivity contribution in [2.24, 2.45) is 0 Å². The first-order chi connectivity index (χ1) is 11.9. The Hall–Kier alpha value is -1.03. The summed E-state index contributed by atoms with van der Waals surface area (Å²) in [7, 11) is -4.64. The van der Waals surface area contributed by atoms with Crippen molar-refractivity contribution in [1.82, 2.24) is 0 Å². The standard InChI is InChI=1S/C15H25O9P/c1-3-4-5-9-12-15(13(2)21-25(16,17)18)20-23-24-22-19-14-10-7-6-8-11-14/h6-8,10-11,13,15H,3-5,9,12H2,1-2H3,(H2,16,17,18). The summed E-state index contributed by atoms with van der Waals surface area (Å²) in [5.74, 6) is 0.389. The van der Waals surface area contributed by atoms with Gasteiger partial charge < -0.3 is 14.7 Å². The number of rotatable bonds is 14. The minimum atomic E-state index is -4.64. The number of unbranched alkanes of at least 4 members (excludes halogenated alkanes) is 3. The smallest absolute Gasteiger partial charge is 0.306 e. The van der Waals surface area contributed by atoms with E-state index in [4.69, 9.17) is 19.6 Å². The second-order valence-electron chi connectivity index (χ2n) is 5.39. The molecule has 0 saturated heterocycles. The Morgan fingerprint density at radius 1 is 1.04 bits per heavy atom. The lowest BCUT2D eigenvalue weighted by Gasteiger charge is -2.22. The first-order valence-corrected chi connectivity index (χ1v) is 9.57. The van der Waals surface area contributed by atoms with Crippen LogP contribution in [0.2, 0.25) is 0 Å². The lowest BCUT2D eigenvalue weighted by Crippen LogP contribution is -2.29. The van der Waals surface area contributed by atoms with Crippen molar-refractivity contribution < 1.29 is 43.8 Å². The van der Waals surface area contributed by atoms with Crippen molar-refractivity contribution in [3.63, 3.8) is 0 Å². The summed E-state index contributed by atoms with van der Waals surface area (Å²) in [6.07, 6.45) is 2.62. The summed E-state index contributed by atoms with van der Waals surface area (Å²) < 4.78 is 15.6. The molecule has 0 amide bonds. The number of para-hydroxylation sites is 1. The van der Waals surface area contributed by atoms with E-state index in [-0.39, 0.29) is 0 Å². The molecule has 9 nitrogen and oxygen atoms in total. The maximum absolute atomic E-state index is 11.0. The SMILES string of the molecule is CCCCCCC(OOOOOc1ccccc1)C(C)OP(=O)(O)O. The fourth-order valence-electron chi connectivity index (χ4n) is 2.02. The van der Waals surface area contributed by atoms with Crippen molar-refractivity contribution in [3.05, 3.63) is 30.3 Å². The van der Waals surface area contributed by atoms with Crippen molar-refractivity contribution in [1.29, 1.82) is 0 Å². The van der Waals surface area contributed by atoms with Crippen LogP contribution in [0.3, 0.4) is 0 Å². The van der Waals surface area contributed by atoms with Gasteiger partial charge in [0.25, 0.3) is 0 Å². The average Bonchev–Trinajstić information content (AvgIpc) is 2.55. The van der Waals surface area contributed by atoms with E-state index < -0.39 is 20.0 Å². The van der Waals surface area contributed by atoms with Crippen LogP contribution in [0.4, 0.5) is 0 Å². The van der Waals surface area contributed by atoms with E-state index in [9.17, 15) is 4.57 Å². The van der Waals surface area contributed by atoms with E-state index in [2.05, 4.69) is 26.6 Å². The molecule has 0 aliphatic carbocycles. The Balaban J connectivity index is 2.34. The van der Waals surface area contributed by atoms with Crippen LogP contribution in [0.25, 0.3) is 0 Å². The summed E-state index contributed by atoms with van der Waals surface area (Å²) >= 11 is 0. The Labute approximate surface area is 146 Å². The lowest BCUT2D eigenvalue weighted by atomic mass is 10.1. The molecule has 0 aliphatic heterocycles. The molecule has 0 aliphatic rings. The van der Waals surface area contributed by atoms with E-state index in [1.807, 2.05) is 0 Å². The van der Waals surface area contributed by atoms with Gasteiger partial charge in [-0.3, -0.25) is 4.52 Å². The normalized spacial score (nSPS) is 14.2. The Kier molecular flexibility index (Phi) is 10.9. The van der Waals surface area contributed by atoms with Crippen LogP contribution in [0.15, 0.2) is 30.3 Å². The van der Waals surface area contributed by atoms with Gasteiger partial charge in [0.2, 0.25) is 0 Å². The highest BCUT2D eigenvalue weighted by Gasteiger charge is 2.27. The predicted octanol–water partition coefficient (Wildman–Crippen LogP) is 3.63. The Bertz CT molecular complexity index is 493. The highest BCUT2D eigenvalue weighted by Crippen LogP contribution is 2.39. The molecular weight excluding hydrogens is 355 g/mol. The van der Waals surface area contributed by atoms with Crippen LogP contribution in [-0.2, 0) is 29.1 Å². The molecule has 0 saturated carbocycles. The van der Waals surface area contributed by atoms with Crippen molar-refractivity contribution >= 4 is 7.82 Å². The minimum Gasteiger partial charge on any atom is -0.306 e. The number of phosphoric ester groups is 1. The molecule has 10 heteroatoms. The van der Waals surface area contributed by atoms with Gasteiger partial charge in [-0.25, -0.2) is 4.57 Å². The highest BCUT2D eigenvalue weighted by molar-refractivity contribution is 7.46. The van der Waals surface area contributed by atoms with Gasteiger partial charge in [0.15, 0.2) is 5.75 Å². The minimum absolute atomic E-state index is 0.389. The zero-order valence-corrected chi connectivity index (χ0v) is 15.2. The van der Waals surface area contributed by atoms with Crippen LogP contribution < -0.4 is 4.89 Å². The molecule has 1 rings (SSSR count). The largest absolute Gasteiger partial charge is 0.469 e. The molecule has 0 fully saturated rings. The van der Waals surface area contributed by atoms with Gasteiger partial charge in [-0.2, -0.15) is 4.89 Å². The summed E-state index contributed by atoms with van der Waals surface area (Å²) in [6, 6.07) is 8.55. The van der Waals surface area contributed by atoms with Crippen LogP contribution in [0.5, 0.6) is 5.75 Å². The molecule has 144 valence electrons. The molecule has 0 bridgehead atoms. The molecule has 1 aromatic carbocycles. The van der Waals surface area contributed by atoms with Crippen molar-refractivity contribution in [3.8, 4) is 5.75 Å². The third-order valence-electron chi connectivity index (χ3n) is 3.26. The van der Waals surface area contributed by atoms with Crippen LogP contribution in [-0.4, -0.2) is 22.0 Å². The van der Waals surface area contributed by atoms with Crippen LogP contribution in [0.1, 0.15) is 46.0 Å². The second kappa shape index (κ2) is 12.3. The fraction of sp³-hybridized carbons (Fsp3) is 0.600. The van der Waals surface area contributed by atoms with Crippen LogP contribution in [0, 0.1) is 0 Å². The fourth-order valence-corrected chi connectivity index (χ4v) is 2.59. The summed E-state index contributed by atoms with van der Waals surface area (Å²) in [5.41, 5.74) is 0. The van der Waals surface area contributed by atoms with Gasteiger partial charge in [0, 0.05) is 10.1 Å². The van der Waals surface area contributed by atoms with E-state index >= 15 is 0 Å². The van der Waals surface area contributed by atoms with Gasteiger partial charge in [-0.15, -0.1) is 0 Å². The highest BCUT2D eigenvalue weighted by atomic mass is 31.2. The van der Waals surface area contributed by atoms with Gasteiger partial charge in [0.1, 0.15) is 6.10 Å². The number of benzene rings is 1. The molecule has 0 heterocycles. The molecule has 1 aromatic rings. The molecule has 0 radical (unpaired) electrons. The lowest BCUT2D eigenvalue weighted by molar-refractivity contribution is -0.697. The van der Waals surface area contributed by atoms with E-state index in [0.29, 0.717) is 12.2 Å². The first-order valence-electron chi connectivity index (χ1n) is 8.04. The topological polar surface area (TPSA) is 113 Å². The maximum Gasteiger partial charge on any atom is 0.469 e. The molecule has 25 heavy (non-hydrogen) atoms. The van der Waals surface area contributed by atoms with Gasteiger partial charge in [-0.05, 0) is 30.5 Å².